The minimum atomic E-state index is -1.20. The van der Waals surface area contributed by atoms with Crippen molar-refractivity contribution in [1.82, 2.24) is 0 Å². The lowest BCUT2D eigenvalue weighted by Crippen LogP contribution is -2.57. The Kier molecular flexibility index (Phi) is 2.51. The number of carbonyl (C=O) groups is 1. The predicted molar refractivity (Wildman–Crippen MR) is 73.8 cm³/mol. The quantitative estimate of drug-likeness (QED) is 0.855. The van der Waals surface area contributed by atoms with Gasteiger partial charge in [-0.05, 0) is 30.9 Å². The van der Waals surface area contributed by atoms with E-state index in [9.17, 15) is 15.0 Å². The van der Waals surface area contributed by atoms with E-state index in [-0.39, 0.29) is 36.2 Å². The topological polar surface area (TPSA) is 60.8 Å². The van der Waals surface area contributed by atoms with Crippen LogP contribution in [0.3, 0.4) is 0 Å². The first kappa shape index (κ1) is 12.4. The highest BCUT2D eigenvalue weighted by Crippen LogP contribution is 2.62. The molecule has 3 fully saturated rings. The highest BCUT2D eigenvalue weighted by atomic mass is 16.3. The van der Waals surface area contributed by atoms with Crippen molar-refractivity contribution < 1.29 is 15.0 Å². The van der Waals surface area contributed by atoms with Gasteiger partial charge in [-0.25, -0.2) is 0 Å². The maximum atomic E-state index is 12.7. The van der Waals surface area contributed by atoms with E-state index in [0.717, 1.165) is 24.9 Å². The van der Waals surface area contributed by atoms with Crippen LogP contribution < -0.4 is 4.90 Å². The van der Waals surface area contributed by atoms with Crippen LogP contribution in [-0.4, -0.2) is 28.5 Å². The van der Waals surface area contributed by atoms with E-state index in [1.165, 1.54) is 0 Å². The van der Waals surface area contributed by atoms with Crippen LogP contribution in [0.2, 0.25) is 0 Å². The summed E-state index contributed by atoms with van der Waals surface area (Å²) >= 11 is 0. The molecular formula is C16H19NO3. The highest BCUT2D eigenvalue weighted by Gasteiger charge is 2.72. The zero-order valence-electron chi connectivity index (χ0n) is 11.3. The molecule has 0 radical (unpaired) electrons. The largest absolute Gasteiger partial charge is 0.396 e. The number of rotatable bonds is 2. The fourth-order valence-corrected chi connectivity index (χ4v) is 4.94. The van der Waals surface area contributed by atoms with Crippen LogP contribution in [0.15, 0.2) is 30.3 Å². The molecule has 1 saturated heterocycles. The van der Waals surface area contributed by atoms with Gasteiger partial charge in [-0.1, -0.05) is 24.6 Å². The van der Waals surface area contributed by atoms with Crippen molar-refractivity contribution >= 4 is 11.6 Å². The summed E-state index contributed by atoms with van der Waals surface area (Å²) in [5, 5.41) is 21.1. The molecule has 1 amide bonds. The fourth-order valence-electron chi connectivity index (χ4n) is 4.94. The third kappa shape index (κ3) is 1.26. The smallest absolute Gasteiger partial charge is 0.233 e. The van der Waals surface area contributed by atoms with Crippen LogP contribution in [0.4, 0.5) is 5.69 Å². The molecule has 5 atom stereocenters. The van der Waals surface area contributed by atoms with Gasteiger partial charge in [0.05, 0.1) is 6.61 Å². The zero-order chi connectivity index (χ0) is 13.9. The van der Waals surface area contributed by atoms with Gasteiger partial charge in [0.25, 0.3) is 0 Å². The molecule has 106 valence electrons. The summed E-state index contributed by atoms with van der Waals surface area (Å²) < 4.78 is 0. The van der Waals surface area contributed by atoms with Gasteiger partial charge < -0.3 is 10.2 Å². The highest BCUT2D eigenvalue weighted by molar-refractivity contribution is 6.00. The Hall–Kier alpha value is -1.39. The minimum Gasteiger partial charge on any atom is -0.396 e. The van der Waals surface area contributed by atoms with Crippen LogP contribution >= 0.6 is 0 Å². The van der Waals surface area contributed by atoms with Gasteiger partial charge >= 0.3 is 0 Å². The molecule has 1 heterocycles. The Morgan fingerprint density at radius 3 is 2.65 bits per heavy atom. The van der Waals surface area contributed by atoms with Crippen LogP contribution in [0, 0.1) is 23.7 Å². The number of hydrogen-bond donors (Lipinski definition) is 2. The summed E-state index contributed by atoms with van der Waals surface area (Å²) in [6, 6.07) is 9.36. The number of hydrogen-bond acceptors (Lipinski definition) is 3. The number of carbonyl (C=O) groups excluding carboxylic acids is 1. The van der Waals surface area contributed by atoms with Crippen molar-refractivity contribution in [3.8, 4) is 0 Å². The van der Waals surface area contributed by atoms with Crippen LogP contribution in [0.1, 0.15) is 19.3 Å². The maximum absolute atomic E-state index is 12.7. The number of nitrogens with zero attached hydrogens (tertiary/aromatic N) is 1. The summed E-state index contributed by atoms with van der Waals surface area (Å²) in [6.45, 7) is -0.0508. The van der Waals surface area contributed by atoms with Gasteiger partial charge in [0.15, 0.2) is 5.72 Å². The Morgan fingerprint density at radius 1 is 1.25 bits per heavy atom. The monoisotopic (exact) mass is 273 g/mol. The fraction of sp³-hybridized carbons (Fsp3) is 0.562. The summed E-state index contributed by atoms with van der Waals surface area (Å²) in [4.78, 5) is 14.3. The summed E-state index contributed by atoms with van der Waals surface area (Å²) in [5.41, 5.74) is -0.453. The molecule has 0 aromatic heterocycles. The molecule has 4 heteroatoms. The van der Waals surface area contributed by atoms with E-state index in [2.05, 4.69) is 0 Å². The average Bonchev–Trinajstić information content (AvgIpc) is 2.77. The van der Waals surface area contributed by atoms with E-state index in [0.29, 0.717) is 0 Å². The molecular weight excluding hydrogens is 254 g/mol. The normalized spacial score (nSPS) is 42.3. The summed E-state index contributed by atoms with van der Waals surface area (Å²) in [7, 11) is 0. The number of aliphatic hydroxyl groups is 2. The summed E-state index contributed by atoms with van der Waals surface area (Å²) in [6.07, 6.45) is 2.87. The Morgan fingerprint density at radius 2 is 2.00 bits per heavy atom. The first-order valence-electron chi connectivity index (χ1n) is 7.42. The maximum Gasteiger partial charge on any atom is 0.233 e. The molecule has 4 rings (SSSR count). The number of piperidine rings is 1. The van der Waals surface area contributed by atoms with Gasteiger partial charge in [0.1, 0.15) is 0 Å². The van der Waals surface area contributed by atoms with E-state index in [4.69, 9.17) is 0 Å². The van der Waals surface area contributed by atoms with Gasteiger partial charge in [-0.3, -0.25) is 9.69 Å². The average molecular weight is 273 g/mol. The Labute approximate surface area is 118 Å². The number of amides is 1. The second-order valence-electron chi connectivity index (χ2n) is 6.31. The predicted octanol–water partition coefficient (Wildman–Crippen LogP) is 1.38. The van der Waals surface area contributed by atoms with Crippen molar-refractivity contribution in [2.45, 2.75) is 25.0 Å². The standard InChI is InChI=1S/C16H19NO3/c18-9-13-11-7-4-8-12-14(11)15(19)17(16(12,13)20)10-5-2-1-3-6-10/h1-3,5-6,11-14,18,20H,4,7-9H2/t11-,12-,13?,14+,16-/m0/s1. The molecule has 1 aliphatic heterocycles. The molecule has 2 N–H and O–H groups in total. The summed E-state index contributed by atoms with van der Waals surface area (Å²) in [5.74, 6) is -0.149. The van der Waals surface area contributed by atoms with Gasteiger partial charge in [-0.15, -0.1) is 0 Å². The molecule has 2 saturated carbocycles. The molecule has 4 nitrogen and oxygen atoms in total. The SMILES string of the molecule is O=C1[C@@H]2[C@H]3CCC[C@@H]2[C@](O)(C3CO)N1c1ccccc1. The molecule has 3 aliphatic rings. The van der Waals surface area contributed by atoms with E-state index < -0.39 is 5.72 Å². The first-order chi connectivity index (χ1) is 9.69. The first-order valence-corrected chi connectivity index (χ1v) is 7.42. The van der Waals surface area contributed by atoms with Crippen LogP contribution in [0.25, 0.3) is 0 Å². The van der Waals surface area contributed by atoms with Crippen molar-refractivity contribution in [2.75, 3.05) is 11.5 Å². The molecule has 20 heavy (non-hydrogen) atoms. The van der Waals surface area contributed by atoms with Crippen molar-refractivity contribution in [3.05, 3.63) is 30.3 Å². The lowest BCUT2D eigenvalue weighted by atomic mass is 9.77. The van der Waals surface area contributed by atoms with Crippen molar-refractivity contribution in [1.29, 1.82) is 0 Å². The van der Waals surface area contributed by atoms with Gasteiger partial charge in [-0.2, -0.15) is 0 Å². The van der Waals surface area contributed by atoms with E-state index in [1.807, 2.05) is 30.3 Å². The second-order valence-corrected chi connectivity index (χ2v) is 6.31. The second kappa shape index (κ2) is 4.06. The molecule has 2 aliphatic carbocycles. The number of benzene rings is 1. The minimum absolute atomic E-state index is 0.0221. The van der Waals surface area contributed by atoms with Crippen molar-refractivity contribution in [3.63, 3.8) is 0 Å². The van der Waals surface area contributed by atoms with E-state index >= 15 is 0 Å². The van der Waals surface area contributed by atoms with Gasteiger partial charge in [0.2, 0.25) is 5.91 Å². The molecule has 4 bridgehead atoms. The number of para-hydroxylation sites is 1. The van der Waals surface area contributed by atoms with Crippen LogP contribution in [0.5, 0.6) is 0 Å². The van der Waals surface area contributed by atoms with Crippen molar-refractivity contribution in [2.24, 2.45) is 23.7 Å². The third-order valence-corrected chi connectivity index (χ3v) is 5.63. The number of aliphatic hydroxyl groups excluding tert-OH is 1. The van der Waals surface area contributed by atoms with Crippen LogP contribution in [-0.2, 0) is 4.79 Å². The Bertz CT molecular complexity index is 546. The Balaban J connectivity index is 1.85. The van der Waals surface area contributed by atoms with E-state index in [1.54, 1.807) is 4.90 Å². The van der Waals surface area contributed by atoms with Gasteiger partial charge in [0, 0.05) is 23.4 Å². The lowest BCUT2D eigenvalue weighted by molar-refractivity contribution is -0.129. The molecule has 1 aromatic rings. The number of anilines is 1. The lowest BCUT2D eigenvalue weighted by Gasteiger charge is -2.42. The molecule has 1 aromatic carbocycles. The third-order valence-electron chi connectivity index (χ3n) is 5.63. The zero-order valence-corrected chi connectivity index (χ0v) is 11.3. The molecule has 1 unspecified atom stereocenters. The molecule has 0 spiro atoms.